The third-order valence-corrected chi connectivity index (χ3v) is 12.3. The molecule has 1 aliphatic heterocycles. The summed E-state index contributed by atoms with van der Waals surface area (Å²) >= 11 is 0. The van der Waals surface area contributed by atoms with Gasteiger partial charge in [-0.2, -0.15) is 8.42 Å². The van der Waals surface area contributed by atoms with Gasteiger partial charge in [0.05, 0.1) is 19.8 Å². The van der Waals surface area contributed by atoms with E-state index in [1.54, 1.807) is 0 Å². The van der Waals surface area contributed by atoms with Gasteiger partial charge in [0, 0.05) is 13.0 Å². The van der Waals surface area contributed by atoms with Crippen molar-refractivity contribution in [3.63, 3.8) is 0 Å². The van der Waals surface area contributed by atoms with Crippen molar-refractivity contribution in [2.24, 2.45) is 0 Å². The van der Waals surface area contributed by atoms with E-state index in [1.165, 1.54) is 96.3 Å². The molecule has 0 aromatic carbocycles. The minimum absolute atomic E-state index is 0.0245. The minimum Gasteiger partial charge on any atom is -0.457 e. The van der Waals surface area contributed by atoms with E-state index in [4.69, 9.17) is 18.9 Å². The number of esters is 1. The summed E-state index contributed by atoms with van der Waals surface area (Å²) in [4.78, 5) is 12.9. The van der Waals surface area contributed by atoms with Gasteiger partial charge in [0.25, 0.3) is 0 Å². The van der Waals surface area contributed by atoms with E-state index in [0.717, 1.165) is 83.5 Å². The number of allylic oxidation sites excluding steroid dienone is 12. The van der Waals surface area contributed by atoms with Crippen molar-refractivity contribution in [1.82, 2.24) is 0 Å². The van der Waals surface area contributed by atoms with Crippen LogP contribution in [-0.2, 0) is 38.3 Å². The van der Waals surface area contributed by atoms with Gasteiger partial charge in [0.1, 0.15) is 30.5 Å². The number of rotatable bonds is 46. The molecule has 1 aliphatic rings. The smallest absolute Gasteiger partial charge is 0.397 e. The van der Waals surface area contributed by atoms with E-state index >= 15 is 0 Å². The number of hydrogen-bond donors (Lipinski definition) is 4. The predicted octanol–water partition coefficient (Wildman–Crippen LogP) is 12.6. The van der Waals surface area contributed by atoms with Crippen LogP contribution >= 0.6 is 0 Å². The van der Waals surface area contributed by atoms with Crippen LogP contribution in [0.5, 0.6) is 0 Å². The van der Waals surface area contributed by atoms with Gasteiger partial charge in [-0.05, 0) is 83.5 Å². The zero-order chi connectivity index (χ0) is 49.6. The van der Waals surface area contributed by atoms with Gasteiger partial charge in [0.2, 0.25) is 0 Å². The van der Waals surface area contributed by atoms with Crippen LogP contribution in [0.1, 0.15) is 206 Å². The maximum Gasteiger partial charge on any atom is 0.397 e. The Morgan fingerprint density at radius 3 is 1.49 bits per heavy atom. The molecule has 1 heterocycles. The van der Waals surface area contributed by atoms with Gasteiger partial charge in [-0.3, -0.25) is 9.35 Å². The van der Waals surface area contributed by atoms with E-state index in [0.29, 0.717) is 13.0 Å². The lowest BCUT2D eigenvalue weighted by Crippen LogP contribution is -2.60. The van der Waals surface area contributed by atoms with Crippen molar-refractivity contribution in [3.05, 3.63) is 72.9 Å². The monoisotopic (exact) mass is 981 g/mol. The quantitative estimate of drug-likeness (QED) is 0.0197. The summed E-state index contributed by atoms with van der Waals surface area (Å²) in [5.74, 6) is -0.411. The summed E-state index contributed by atoms with van der Waals surface area (Å²) in [6.45, 7) is 3.85. The highest BCUT2D eigenvalue weighted by Crippen LogP contribution is 2.26. The number of unbranched alkanes of at least 4 members (excludes halogenated alkanes) is 21. The van der Waals surface area contributed by atoms with Gasteiger partial charge < -0.3 is 34.3 Å². The molecule has 1 saturated heterocycles. The topological polar surface area (TPSA) is 178 Å². The number of aliphatic hydroxyl groups is 3. The second-order valence-electron chi connectivity index (χ2n) is 18.1. The van der Waals surface area contributed by atoms with Crippen molar-refractivity contribution >= 4 is 16.4 Å². The van der Waals surface area contributed by atoms with Gasteiger partial charge in [-0.25, -0.2) is 4.18 Å². The van der Waals surface area contributed by atoms with Crippen LogP contribution in [0.4, 0.5) is 0 Å². The Balaban J connectivity index is 2.35. The molecule has 12 nitrogen and oxygen atoms in total. The number of carbonyl (C=O) groups is 1. The summed E-state index contributed by atoms with van der Waals surface area (Å²) in [5, 5.41) is 30.8. The number of aliphatic hydroxyl groups excluding tert-OH is 3. The van der Waals surface area contributed by atoms with E-state index in [1.807, 2.05) is 0 Å². The maximum absolute atomic E-state index is 12.9. The standard InChI is InChI=1S/C55H96O12S/c1-3-5-7-9-11-13-15-17-19-21-23-24-25-26-27-28-30-32-34-36-38-40-42-44-51(57)65-49(48-64-55-53(59)54(67-68(60,61)62)52(58)50(46-56)66-55)47-63-45-43-41-39-37-35-33-31-29-22-20-18-16-14-12-10-8-6-4-2/h6,8,12,14-15,17-18,20-21,23,25-26,49-50,52-56,58-59H,3-5,7,9-11,13,16,19,22,24,27-48H2,1-2H3,(H,60,61,62)/b8-6-,14-12-,17-15-,20-18-,23-21-,26-25-. The van der Waals surface area contributed by atoms with Crippen LogP contribution < -0.4 is 0 Å². The molecule has 1 fully saturated rings. The van der Waals surface area contributed by atoms with Crippen molar-refractivity contribution in [1.29, 1.82) is 0 Å². The summed E-state index contributed by atoms with van der Waals surface area (Å²) in [6, 6.07) is 0. The van der Waals surface area contributed by atoms with Gasteiger partial charge in [0.15, 0.2) is 6.29 Å². The zero-order valence-corrected chi connectivity index (χ0v) is 43.2. The Labute approximate surface area is 413 Å². The van der Waals surface area contributed by atoms with Gasteiger partial charge in [-0.15, -0.1) is 0 Å². The van der Waals surface area contributed by atoms with Crippen LogP contribution in [0.25, 0.3) is 0 Å². The molecule has 6 atom stereocenters. The second kappa shape index (κ2) is 45.7. The van der Waals surface area contributed by atoms with E-state index in [2.05, 4.69) is 90.9 Å². The molecular formula is C55H96O12S. The van der Waals surface area contributed by atoms with Crippen molar-refractivity contribution in [2.75, 3.05) is 26.4 Å². The molecule has 13 heteroatoms. The number of carbonyl (C=O) groups excluding carboxylic acids is 1. The average Bonchev–Trinajstić information content (AvgIpc) is 3.31. The molecule has 68 heavy (non-hydrogen) atoms. The van der Waals surface area contributed by atoms with Gasteiger partial charge >= 0.3 is 16.4 Å². The fourth-order valence-electron chi connectivity index (χ4n) is 7.81. The lowest BCUT2D eigenvalue weighted by Gasteiger charge is -2.41. The van der Waals surface area contributed by atoms with E-state index in [9.17, 15) is 33.1 Å². The predicted molar refractivity (Wildman–Crippen MR) is 276 cm³/mol. The fraction of sp³-hybridized carbons (Fsp3) is 0.764. The Bertz CT molecular complexity index is 1460. The highest BCUT2D eigenvalue weighted by atomic mass is 32.3. The lowest BCUT2D eigenvalue weighted by molar-refractivity contribution is -0.301. The second-order valence-corrected chi connectivity index (χ2v) is 19.1. The summed E-state index contributed by atoms with van der Waals surface area (Å²) in [7, 11) is -5.07. The van der Waals surface area contributed by atoms with Crippen LogP contribution in [0.2, 0.25) is 0 Å². The molecule has 1 rings (SSSR count). The third-order valence-electron chi connectivity index (χ3n) is 11.8. The van der Waals surface area contributed by atoms with Crippen LogP contribution in [0.15, 0.2) is 72.9 Å². The normalized spacial score (nSPS) is 19.9. The molecule has 0 spiro atoms. The highest BCUT2D eigenvalue weighted by molar-refractivity contribution is 7.80. The molecule has 4 N–H and O–H groups in total. The lowest BCUT2D eigenvalue weighted by atomic mass is 9.99. The number of hydrogen-bond acceptors (Lipinski definition) is 11. The van der Waals surface area contributed by atoms with Crippen LogP contribution in [0, 0.1) is 0 Å². The Hall–Kier alpha value is -2.46. The molecule has 0 radical (unpaired) electrons. The molecule has 0 aromatic heterocycles. The summed E-state index contributed by atoms with van der Waals surface area (Å²) < 4.78 is 59.3. The Morgan fingerprint density at radius 2 is 1.01 bits per heavy atom. The van der Waals surface area contributed by atoms with Crippen LogP contribution in [-0.4, -0.2) is 97.5 Å². The number of ether oxygens (including phenoxy) is 4. The van der Waals surface area contributed by atoms with Crippen LogP contribution in [0.3, 0.4) is 0 Å². The first-order chi connectivity index (χ1) is 33.1. The molecule has 0 saturated carbocycles. The van der Waals surface area contributed by atoms with E-state index < -0.39 is 59.8 Å². The average molecular weight is 981 g/mol. The molecule has 6 unspecified atom stereocenters. The highest BCUT2D eigenvalue weighted by Gasteiger charge is 2.48. The zero-order valence-electron chi connectivity index (χ0n) is 42.4. The minimum atomic E-state index is -5.07. The molecule has 0 aliphatic carbocycles. The molecule has 0 bridgehead atoms. The fourth-order valence-corrected chi connectivity index (χ4v) is 8.32. The molecule has 394 valence electrons. The Morgan fingerprint density at radius 1 is 0.574 bits per heavy atom. The summed E-state index contributed by atoms with van der Waals surface area (Å²) in [5.41, 5.74) is 0. The van der Waals surface area contributed by atoms with Gasteiger partial charge in [-0.1, -0.05) is 189 Å². The van der Waals surface area contributed by atoms with Crippen molar-refractivity contribution in [2.45, 2.75) is 243 Å². The van der Waals surface area contributed by atoms with E-state index in [-0.39, 0.29) is 19.6 Å². The largest absolute Gasteiger partial charge is 0.457 e. The van der Waals surface area contributed by atoms with Crippen molar-refractivity contribution in [3.8, 4) is 0 Å². The Kier molecular flexibility index (Phi) is 42.7. The first kappa shape index (κ1) is 63.6. The SMILES string of the molecule is CC/C=C\C/C=C\C/C=C\CCCCCCCCCCOCC(COC1OC(CO)C(O)C(OS(=O)(=O)O)C1O)OC(=O)CCCCCCCCCC/C=C\C/C=C\C/C=C\CCCCCCC. The first-order valence-corrected chi connectivity index (χ1v) is 28.1. The summed E-state index contributed by atoms with van der Waals surface area (Å²) in [6.07, 6.45) is 50.7. The first-order valence-electron chi connectivity index (χ1n) is 26.7. The maximum atomic E-state index is 12.9. The van der Waals surface area contributed by atoms with Crippen molar-refractivity contribution < 1.29 is 56.2 Å². The molecule has 0 amide bonds. The third kappa shape index (κ3) is 38.3. The molecular weight excluding hydrogens is 885 g/mol. The molecule has 0 aromatic rings.